The van der Waals surface area contributed by atoms with Gasteiger partial charge in [-0.3, -0.25) is 14.4 Å². The van der Waals surface area contributed by atoms with Gasteiger partial charge < -0.3 is 19.9 Å². The molecule has 1 aromatic carbocycles. The SMILES string of the molecule is CCC1CCC(C)C(Cn2cc(C(=O)NCc3ccc(F)cc3F)c(=O)c(O)c2C)N1C=O. The van der Waals surface area contributed by atoms with Crippen LogP contribution < -0.4 is 10.7 Å². The average Bonchev–Trinajstić information content (AvgIpc) is 2.79. The van der Waals surface area contributed by atoms with Crippen LogP contribution in [0.1, 0.15) is 54.7 Å². The lowest BCUT2D eigenvalue weighted by Crippen LogP contribution is -2.51. The van der Waals surface area contributed by atoms with E-state index in [1.807, 2.05) is 6.92 Å². The molecule has 0 bridgehead atoms. The first-order valence-electron chi connectivity index (χ1n) is 11.1. The van der Waals surface area contributed by atoms with E-state index in [0.717, 1.165) is 31.7 Å². The Labute approximate surface area is 191 Å². The minimum Gasteiger partial charge on any atom is -0.503 e. The molecular weight excluding hydrogens is 432 g/mol. The number of halogens is 2. The molecule has 3 unspecified atom stereocenters. The Balaban J connectivity index is 1.87. The molecule has 2 amide bonds. The smallest absolute Gasteiger partial charge is 0.257 e. The molecule has 9 heteroatoms. The van der Waals surface area contributed by atoms with Crippen molar-refractivity contribution >= 4 is 12.3 Å². The molecule has 2 aromatic rings. The number of hydrogen-bond acceptors (Lipinski definition) is 4. The molecule has 3 rings (SSSR count). The summed E-state index contributed by atoms with van der Waals surface area (Å²) < 4.78 is 28.6. The summed E-state index contributed by atoms with van der Waals surface area (Å²) in [6.45, 7) is 5.70. The van der Waals surface area contributed by atoms with Gasteiger partial charge in [-0.25, -0.2) is 8.78 Å². The second-order valence-corrected chi connectivity index (χ2v) is 8.61. The minimum absolute atomic E-state index is 0.0599. The molecule has 0 aliphatic carbocycles. The van der Waals surface area contributed by atoms with E-state index in [4.69, 9.17) is 0 Å². The van der Waals surface area contributed by atoms with Crippen LogP contribution in [0.25, 0.3) is 0 Å². The fraction of sp³-hybridized carbons (Fsp3) is 0.458. The number of carbonyl (C=O) groups is 2. The van der Waals surface area contributed by atoms with E-state index < -0.39 is 28.7 Å². The summed E-state index contributed by atoms with van der Waals surface area (Å²) in [4.78, 5) is 38.9. The van der Waals surface area contributed by atoms with Crippen molar-refractivity contribution in [2.24, 2.45) is 5.92 Å². The lowest BCUT2D eigenvalue weighted by atomic mass is 9.86. The van der Waals surface area contributed by atoms with Gasteiger partial charge in [0.25, 0.3) is 5.91 Å². The summed E-state index contributed by atoms with van der Waals surface area (Å²) in [5, 5.41) is 12.8. The van der Waals surface area contributed by atoms with Crippen molar-refractivity contribution in [3.8, 4) is 5.75 Å². The Bertz CT molecular complexity index is 1100. The predicted molar refractivity (Wildman–Crippen MR) is 119 cm³/mol. The highest BCUT2D eigenvalue weighted by Gasteiger charge is 2.34. The zero-order chi connectivity index (χ0) is 24.3. The topological polar surface area (TPSA) is 91.6 Å². The molecule has 0 saturated carbocycles. The highest BCUT2D eigenvalue weighted by molar-refractivity contribution is 5.94. The lowest BCUT2D eigenvalue weighted by Gasteiger charge is -2.43. The van der Waals surface area contributed by atoms with E-state index in [9.17, 15) is 28.3 Å². The number of piperidine rings is 1. The summed E-state index contributed by atoms with van der Waals surface area (Å²) in [7, 11) is 0. The number of benzene rings is 1. The van der Waals surface area contributed by atoms with Crippen LogP contribution in [0.2, 0.25) is 0 Å². The normalized spacial score (nSPS) is 20.5. The molecule has 0 radical (unpaired) electrons. The third-order valence-electron chi connectivity index (χ3n) is 6.61. The van der Waals surface area contributed by atoms with Crippen molar-refractivity contribution in [2.45, 2.75) is 65.2 Å². The minimum atomic E-state index is -0.837. The maximum Gasteiger partial charge on any atom is 0.257 e. The number of nitrogens with one attached hydrogen (secondary N) is 1. The van der Waals surface area contributed by atoms with Crippen molar-refractivity contribution in [2.75, 3.05) is 0 Å². The number of nitrogens with zero attached hydrogens (tertiary/aromatic N) is 2. The third-order valence-corrected chi connectivity index (χ3v) is 6.61. The number of amides is 2. The quantitative estimate of drug-likeness (QED) is 0.620. The lowest BCUT2D eigenvalue weighted by molar-refractivity contribution is -0.126. The van der Waals surface area contributed by atoms with Gasteiger partial charge in [0.15, 0.2) is 5.75 Å². The van der Waals surface area contributed by atoms with Crippen LogP contribution in [0, 0.1) is 24.5 Å². The molecule has 0 spiro atoms. The standard InChI is InChI=1S/C24H29F2N3O4/c1-4-18-8-5-14(2)21(29(18)13-30)12-28-11-19(23(32)22(31)15(28)3)24(33)27-10-16-6-7-17(25)9-20(16)26/h6-7,9,11,13-14,18,21,31H,4-5,8,10,12H2,1-3H3,(H,27,33). The second kappa shape index (κ2) is 10.1. The van der Waals surface area contributed by atoms with Gasteiger partial charge in [-0.05, 0) is 38.2 Å². The molecule has 33 heavy (non-hydrogen) atoms. The fourth-order valence-corrected chi connectivity index (χ4v) is 4.44. The largest absolute Gasteiger partial charge is 0.503 e. The number of likely N-dealkylation sites (tertiary alicyclic amines) is 1. The Hall–Kier alpha value is -3.23. The molecule has 1 fully saturated rings. The fourth-order valence-electron chi connectivity index (χ4n) is 4.44. The van der Waals surface area contributed by atoms with Gasteiger partial charge in [0.05, 0.1) is 11.7 Å². The summed E-state index contributed by atoms with van der Waals surface area (Å²) in [5.74, 6) is -2.70. The number of rotatable bonds is 7. The van der Waals surface area contributed by atoms with Crippen molar-refractivity contribution in [3.05, 3.63) is 63.1 Å². The zero-order valence-electron chi connectivity index (χ0n) is 19.0. The number of carbonyl (C=O) groups excluding carboxylic acids is 2. The van der Waals surface area contributed by atoms with Crippen molar-refractivity contribution in [1.29, 1.82) is 0 Å². The summed E-state index contributed by atoms with van der Waals surface area (Å²) >= 11 is 0. The molecular formula is C24H29F2N3O4. The zero-order valence-corrected chi connectivity index (χ0v) is 19.0. The number of pyridine rings is 1. The highest BCUT2D eigenvalue weighted by atomic mass is 19.1. The summed E-state index contributed by atoms with van der Waals surface area (Å²) in [6, 6.07) is 2.94. The number of hydrogen-bond donors (Lipinski definition) is 2. The van der Waals surface area contributed by atoms with Gasteiger partial charge in [-0.2, -0.15) is 0 Å². The van der Waals surface area contributed by atoms with Crippen LogP contribution >= 0.6 is 0 Å². The van der Waals surface area contributed by atoms with E-state index in [1.165, 1.54) is 12.3 Å². The second-order valence-electron chi connectivity index (χ2n) is 8.61. The molecule has 1 saturated heterocycles. The number of aromatic nitrogens is 1. The van der Waals surface area contributed by atoms with Crippen molar-refractivity contribution < 1.29 is 23.5 Å². The maximum absolute atomic E-state index is 13.9. The van der Waals surface area contributed by atoms with Crippen LogP contribution in [-0.4, -0.2) is 39.0 Å². The van der Waals surface area contributed by atoms with Gasteiger partial charge in [0, 0.05) is 37.0 Å². The average molecular weight is 462 g/mol. The summed E-state index contributed by atoms with van der Waals surface area (Å²) in [6.07, 6.45) is 4.88. The molecule has 1 aliphatic heterocycles. The monoisotopic (exact) mass is 461 g/mol. The van der Waals surface area contributed by atoms with Gasteiger partial charge in [-0.1, -0.05) is 19.9 Å². The molecule has 178 valence electrons. The summed E-state index contributed by atoms with van der Waals surface area (Å²) in [5.41, 5.74) is -0.785. The van der Waals surface area contributed by atoms with E-state index in [1.54, 1.807) is 16.4 Å². The predicted octanol–water partition coefficient (Wildman–Crippen LogP) is 3.11. The first kappa shape index (κ1) is 24.4. The van der Waals surface area contributed by atoms with Crippen LogP contribution in [-0.2, 0) is 17.9 Å². The van der Waals surface area contributed by atoms with Gasteiger partial charge in [0.2, 0.25) is 11.8 Å². The van der Waals surface area contributed by atoms with E-state index in [2.05, 4.69) is 12.2 Å². The Morgan fingerprint density at radius 3 is 2.67 bits per heavy atom. The molecule has 7 nitrogen and oxygen atoms in total. The molecule has 2 N–H and O–H groups in total. The highest BCUT2D eigenvalue weighted by Crippen LogP contribution is 2.30. The molecule has 3 atom stereocenters. The van der Waals surface area contributed by atoms with Crippen LogP contribution in [0.15, 0.2) is 29.2 Å². The molecule has 1 aliphatic rings. The van der Waals surface area contributed by atoms with E-state index >= 15 is 0 Å². The van der Waals surface area contributed by atoms with Crippen molar-refractivity contribution in [1.82, 2.24) is 14.8 Å². The van der Waals surface area contributed by atoms with Gasteiger partial charge in [0.1, 0.15) is 17.2 Å². The van der Waals surface area contributed by atoms with Crippen LogP contribution in [0.3, 0.4) is 0 Å². The molecule has 2 heterocycles. The first-order valence-corrected chi connectivity index (χ1v) is 11.1. The van der Waals surface area contributed by atoms with Gasteiger partial charge >= 0.3 is 0 Å². The van der Waals surface area contributed by atoms with E-state index in [-0.39, 0.29) is 41.4 Å². The Morgan fingerprint density at radius 2 is 2.03 bits per heavy atom. The molecule has 1 aromatic heterocycles. The van der Waals surface area contributed by atoms with Crippen LogP contribution in [0.5, 0.6) is 5.75 Å². The van der Waals surface area contributed by atoms with E-state index in [0.29, 0.717) is 12.6 Å². The van der Waals surface area contributed by atoms with Crippen LogP contribution in [0.4, 0.5) is 8.78 Å². The maximum atomic E-state index is 13.9. The Morgan fingerprint density at radius 1 is 1.30 bits per heavy atom. The Kier molecular flexibility index (Phi) is 7.50. The number of aromatic hydroxyl groups is 1. The van der Waals surface area contributed by atoms with Gasteiger partial charge in [-0.15, -0.1) is 0 Å². The van der Waals surface area contributed by atoms with Crippen molar-refractivity contribution in [3.63, 3.8) is 0 Å². The first-order chi connectivity index (χ1) is 15.7. The third kappa shape index (κ3) is 5.07.